The summed E-state index contributed by atoms with van der Waals surface area (Å²) >= 11 is 0. The monoisotopic (exact) mass is 184 g/mol. The zero-order chi connectivity index (χ0) is 9.54. The number of pyridine rings is 1. The normalized spacial score (nSPS) is 19.4. The standard InChI is InChI=1S/C12H12N2/c1-8-6-13-12-11(8)10-5-3-2-4-9(10)7-14-12/h2-5,7-8H,6H2,1H3,(H,13,14). The Morgan fingerprint density at radius 2 is 2.21 bits per heavy atom. The van der Waals surface area contributed by atoms with Crippen LogP contribution in [0.5, 0.6) is 0 Å². The molecule has 0 radical (unpaired) electrons. The van der Waals surface area contributed by atoms with E-state index in [4.69, 9.17) is 0 Å². The summed E-state index contributed by atoms with van der Waals surface area (Å²) in [4.78, 5) is 4.43. The van der Waals surface area contributed by atoms with Crippen molar-refractivity contribution in [2.24, 2.45) is 0 Å². The molecule has 0 spiro atoms. The zero-order valence-corrected chi connectivity index (χ0v) is 8.12. The molecule has 1 aromatic heterocycles. The van der Waals surface area contributed by atoms with Crippen molar-refractivity contribution < 1.29 is 0 Å². The van der Waals surface area contributed by atoms with Gasteiger partial charge in [0.25, 0.3) is 0 Å². The molecule has 0 aliphatic carbocycles. The van der Waals surface area contributed by atoms with Crippen LogP contribution >= 0.6 is 0 Å². The fourth-order valence-electron chi connectivity index (χ4n) is 2.18. The van der Waals surface area contributed by atoms with Gasteiger partial charge < -0.3 is 5.32 Å². The molecule has 0 amide bonds. The van der Waals surface area contributed by atoms with Crippen LogP contribution in [0.3, 0.4) is 0 Å². The highest BCUT2D eigenvalue weighted by molar-refractivity contribution is 5.89. The minimum absolute atomic E-state index is 0.573. The van der Waals surface area contributed by atoms with Crippen LogP contribution in [0.15, 0.2) is 30.5 Å². The Labute approximate surface area is 83.0 Å². The molecule has 2 heterocycles. The van der Waals surface area contributed by atoms with Gasteiger partial charge in [0.2, 0.25) is 0 Å². The molecule has 0 fully saturated rings. The number of benzene rings is 1. The second kappa shape index (κ2) is 2.71. The summed E-state index contributed by atoms with van der Waals surface area (Å²) in [7, 11) is 0. The van der Waals surface area contributed by atoms with Crippen molar-refractivity contribution in [2.75, 3.05) is 11.9 Å². The van der Waals surface area contributed by atoms with Gasteiger partial charge in [-0.15, -0.1) is 0 Å². The van der Waals surface area contributed by atoms with E-state index in [2.05, 4.69) is 41.5 Å². The van der Waals surface area contributed by atoms with Crippen LogP contribution in [0, 0.1) is 0 Å². The summed E-state index contributed by atoms with van der Waals surface area (Å²) < 4.78 is 0. The van der Waals surface area contributed by atoms with Gasteiger partial charge in [-0.25, -0.2) is 4.98 Å². The molecule has 2 heteroatoms. The highest BCUT2D eigenvalue weighted by Gasteiger charge is 2.21. The molecule has 1 aliphatic rings. The van der Waals surface area contributed by atoms with E-state index in [0.717, 1.165) is 12.4 Å². The number of aromatic nitrogens is 1. The molecule has 70 valence electrons. The minimum Gasteiger partial charge on any atom is -0.369 e. The lowest BCUT2D eigenvalue weighted by molar-refractivity contribution is 0.860. The second-order valence-electron chi connectivity index (χ2n) is 3.89. The van der Waals surface area contributed by atoms with E-state index in [9.17, 15) is 0 Å². The van der Waals surface area contributed by atoms with Crippen molar-refractivity contribution in [3.05, 3.63) is 36.0 Å². The summed E-state index contributed by atoms with van der Waals surface area (Å²) in [5, 5.41) is 5.91. The molecule has 1 aliphatic heterocycles. The van der Waals surface area contributed by atoms with Crippen LogP contribution in [0.25, 0.3) is 10.8 Å². The van der Waals surface area contributed by atoms with Crippen molar-refractivity contribution in [1.82, 2.24) is 4.98 Å². The molecule has 0 bridgehead atoms. The number of nitrogens with one attached hydrogen (secondary N) is 1. The van der Waals surface area contributed by atoms with Gasteiger partial charge in [0, 0.05) is 29.6 Å². The maximum absolute atomic E-state index is 4.43. The summed E-state index contributed by atoms with van der Waals surface area (Å²) in [6.45, 7) is 3.25. The van der Waals surface area contributed by atoms with E-state index >= 15 is 0 Å². The van der Waals surface area contributed by atoms with Gasteiger partial charge in [0.05, 0.1) is 0 Å². The highest BCUT2D eigenvalue weighted by Crippen LogP contribution is 2.34. The lowest BCUT2D eigenvalue weighted by atomic mass is 9.99. The number of hydrogen-bond acceptors (Lipinski definition) is 2. The second-order valence-corrected chi connectivity index (χ2v) is 3.89. The molecule has 3 rings (SSSR count). The van der Waals surface area contributed by atoms with Crippen LogP contribution < -0.4 is 5.32 Å². The lowest BCUT2D eigenvalue weighted by Gasteiger charge is -2.06. The molecular weight excluding hydrogens is 172 g/mol. The third kappa shape index (κ3) is 0.939. The maximum Gasteiger partial charge on any atom is 0.130 e. The number of anilines is 1. The number of hydrogen-bond donors (Lipinski definition) is 1. The maximum atomic E-state index is 4.43. The fraction of sp³-hybridized carbons (Fsp3) is 0.250. The van der Waals surface area contributed by atoms with Gasteiger partial charge in [-0.1, -0.05) is 31.2 Å². The number of rotatable bonds is 0. The molecule has 2 aromatic rings. The summed E-state index contributed by atoms with van der Waals surface area (Å²) in [5.74, 6) is 1.64. The Bertz CT molecular complexity index is 491. The quantitative estimate of drug-likeness (QED) is 0.681. The molecule has 0 saturated heterocycles. The first-order valence-electron chi connectivity index (χ1n) is 4.98. The molecule has 1 N–H and O–H groups in total. The zero-order valence-electron chi connectivity index (χ0n) is 8.12. The summed E-state index contributed by atoms with van der Waals surface area (Å²) in [5.41, 5.74) is 1.38. The predicted octanol–water partition coefficient (Wildman–Crippen LogP) is 2.76. The highest BCUT2D eigenvalue weighted by atomic mass is 15.0. The summed E-state index contributed by atoms with van der Waals surface area (Å²) in [6.07, 6.45) is 1.94. The smallest absolute Gasteiger partial charge is 0.130 e. The van der Waals surface area contributed by atoms with Gasteiger partial charge in [-0.2, -0.15) is 0 Å². The largest absolute Gasteiger partial charge is 0.369 e. The van der Waals surface area contributed by atoms with Gasteiger partial charge in [-0.05, 0) is 5.39 Å². The third-order valence-corrected chi connectivity index (χ3v) is 2.91. The Morgan fingerprint density at radius 1 is 1.36 bits per heavy atom. The molecule has 0 saturated carbocycles. The summed E-state index contributed by atoms with van der Waals surface area (Å²) in [6, 6.07) is 8.45. The van der Waals surface area contributed by atoms with Gasteiger partial charge in [0.1, 0.15) is 5.82 Å². The van der Waals surface area contributed by atoms with Crippen LogP contribution in [-0.2, 0) is 0 Å². The number of fused-ring (bicyclic) bond motifs is 3. The minimum atomic E-state index is 0.573. The molecular formula is C12H12N2. The van der Waals surface area contributed by atoms with E-state index in [1.165, 1.54) is 16.3 Å². The van der Waals surface area contributed by atoms with E-state index in [-0.39, 0.29) is 0 Å². The number of nitrogens with zero attached hydrogens (tertiary/aromatic N) is 1. The third-order valence-electron chi connectivity index (χ3n) is 2.91. The molecule has 14 heavy (non-hydrogen) atoms. The molecule has 1 atom stereocenters. The fourth-order valence-corrected chi connectivity index (χ4v) is 2.18. The van der Waals surface area contributed by atoms with E-state index < -0.39 is 0 Å². The van der Waals surface area contributed by atoms with E-state index in [0.29, 0.717) is 5.92 Å². The van der Waals surface area contributed by atoms with Crippen LogP contribution in [0.2, 0.25) is 0 Å². The van der Waals surface area contributed by atoms with Crippen molar-refractivity contribution in [3.63, 3.8) is 0 Å². The molecule has 1 unspecified atom stereocenters. The van der Waals surface area contributed by atoms with Crippen molar-refractivity contribution in [3.8, 4) is 0 Å². The van der Waals surface area contributed by atoms with Gasteiger partial charge in [-0.3, -0.25) is 0 Å². The Kier molecular flexibility index (Phi) is 1.51. The SMILES string of the molecule is CC1CNc2ncc3ccccc3c21. The average molecular weight is 184 g/mol. The van der Waals surface area contributed by atoms with Gasteiger partial charge >= 0.3 is 0 Å². The first-order valence-corrected chi connectivity index (χ1v) is 4.98. The predicted molar refractivity (Wildman–Crippen MR) is 58.6 cm³/mol. The van der Waals surface area contributed by atoms with Crippen molar-refractivity contribution in [2.45, 2.75) is 12.8 Å². The lowest BCUT2D eigenvalue weighted by Crippen LogP contribution is -1.96. The van der Waals surface area contributed by atoms with Gasteiger partial charge in [0.15, 0.2) is 0 Å². The Morgan fingerprint density at radius 3 is 3.14 bits per heavy atom. The molecule has 2 nitrogen and oxygen atoms in total. The van der Waals surface area contributed by atoms with Crippen LogP contribution in [0.1, 0.15) is 18.4 Å². The van der Waals surface area contributed by atoms with Crippen molar-refractivity contribution >= 4 is 16.6 Å². The first-order chi connectivity index (χ1) is 6.86. The Balaban J connectivity index is 2.41. The van der Waals surface area contributed by atoms with E-state index in [1.54, 1.807) is 0 Å². The van der Waals surface area contributed by atoms with Crippen LogP contribution in [-0.4, -0.2) is 11.5 Å². The van der Waals surface area contributed by atoms with Crippen molar-refractivity contribution in [1.29, 1.82) is 0 Å². The van der Waals surface area contributed by atoms with E-state index in [1.807, 2.05) is 6.20 Å². The van der Waals surface area contributed by atoms with Crippen LogP contribution in [0.4, 0.5) is 5.82 Å². The Hall–Kier alpha value is -1.57. The topological polar surface area (TPSA) is 24.9 Å². The molecule has 1 aromatic carbocycles. The average Bonchev–Trinajstić information content (AvgIpc) is 2.61. The first kappa shape index (κ1) is 7.80.